The van der Waals surface area contributed by atoms with Gasteiger partial charge >= 0.3 is 0 Å². The van der Waals surface area contributed by atoms with Crippen molar-refractivity contribution in [2.45, 2.75) is 6.23 Å². The van der Waals surface area contributed by atoms with Crippen LogP contribution in [-0.4, -0.2) is 25.5 Å². The second kappa shape index (κ2) is 6.26. The number of rotatable bonds is 5. The lowest BCUT2D eigenvalue weighted by Gasteiger charge is -2.26. The molecule has 1 heterocycles. The summed E-state index contributed by atoms with van der Waals surface area (Å²) >= 11 is 1.45. The number of hydrogen-bond donors (Lipinski definition) is 0. The number of methoxy groups -OCH3 is 1. The monoisotopic (exact) mass is 275 g/mol. The Labute approximate surface area is 115 Å². The zero-order valence-corrected chi connectivity index (χ0v) is 11.2. The van der Waals surface area contributed by atoms with Crippen molar-refractivity contribution in [2.75, 3.05) is 12.0 Å². The Hall–Kier alpha value is -1.98. The first-order valence-electron chi connectivity index (χ1n) is 5.67. The van der Waals surface area contributed by atoms with E-state index in [0.717, 1.165) is 0 Å². The largest absolute Gasteiger partial charge is 0.354 e. The van der Waals surface area contributed by atoms with Gasteiger partial charge in [0.25, 0.3) is 5.91 Å². The van der Waals surface area contributed by atoms with Crippen LogP contribution in [-0.2, 0) is 9.53 Å². The van der Waals surface area contributed by atoms with Gasteiger partial charge in [-0.15, -0.1) is 0 Å². The molecule has 0 saturated carbocycles. The summed E-state index contributed by atoms with van der Waals surface area (Å²) < 4.78 is 5.07. The summed E-state index contributed by atoms with van der Waals surface area (Å²) in [5.74, 6) is -0.266. The number of thiophene rings is 1. The van der Waals surface area contributed by atoms with E-state index in [0.29, 0.717) is 17.5 Å². The fourth-order valence-corrected chi connectivity index (χ4v) is 2.34. The van der Waals surface area contributed by atoms with Crippen molar-refractivity contribution >= 4 is 29.2 Å². The van der Waals surface area contributed by atoms with Gasteiger partial charge in [-0.3, -0.25) is 14.5 Å². The van der Waals surface area contributed by atoms with Crippen LogP contribution in [0.15, 0.2) is 47.2 Å². The van der Waals surface area contributed by atoms with E-state index >= 15 is 0 Å². The molecule has 0 fully saturated rings. The van der Waals surface area contributed by atoms with Crippen molar-refractivity contribution in [3.05, 3.63) is 52.7 Å². The summed E-state index contributed by atoms with van der Waals surface area (Å²) in [5, 5.41) is 3.65. The third-order valence-electron chi connectivity index (χ3n) is 2.64. The summed E-state index contributed by atoms with van der Waals surface area (Å²) in [6.45, 7) is 0. The second-order valence-electron chi connectivity index (χ2n) is 3.79. The van der Waals surface area contributed by atoms with Gasteiger partial charge in [0.1, 0.15) is 0 Å². The highest BCUT2D eigenvalue weighted by Gasteiger charge is 2.26. The zero-order chi connectivity index (χ0) is 13.7. The average Bonchev–Trinajstić information content (AvgIpc) is 2.98. The highest BCUT2D eigenvalue weighted by atomic mass is 32.1. The normalized spacial score (nSPS) is 11.8. The van der Waals surface area contributed by atoms with Crippen LogP contribution in [0.25, 0.3) is 0 Å². The van der Waals surface area contributed by atoms with Crippen molar-refractivity contribution in [1.29, 1.82) is 0 Å². The van der Waals surface area contributed by atoms with Crippen LogP contribution >= 0.6 is 11.3 Å². The number of benzene rings is 1. The maximum atomic E-state index is 12.5. The van der Waals surface area contributed by atoms with Crippen LogP contribution in [0.5, 0.6) is 0 Å². The molecule has 0 bridgehead atoms. The van der Waals surface area contributed by atoms with E-state index in [9.17, 15) is 9.59 Å². The molecule has 4 nitrogen and oxygen atoms in total. The highest BCUT2D eigenvalue weighted by Crippen LogP contribution is 2.22. The van der Waals surface area contributed by atoms with E-state index in [4.69, 9.17) is 4.74 Å². The molecule has 0 N–H and O–H groups in total. The summed E-state index contributed by atoms with van der Waals surface area (Å²) in [6, 6.07) is 10.6. The van der Waals surface area contributed by atoms with Crippen LogP contribution in [0.3, 0.4) is 0 Å². The van der Waals surface area contributed by atoms with Gasteiger partial charge < -0.3 is 4.74 Å². The maximum absolute atomic E-state index is 12.5. The van der Waals surface area contributed by atoms with E-state index in [-0.39, 0.29) is 5.91 Å². The number of anilines is 1. The molecule has 0 aliphatic heterocycles. The Kier molecular flexibility index (Phi) is 4.43. The van der Waals surface area contributed by atoms with Crippen LogP contribution in [0, 0.1) is 0 Å². The quantitative estimate of drug-likeness (QED) is 0.622. The predicted molar refractivity (Wildman–Crippen MR) is 74.4 cm³/mol. The number of carbonyl (C=O) groups is 2. The van der Waals surface area contributed by atoms with Gasteiger partial charge in [0.15, 0.2) is 12.5 Å². The molecule has 0 aliphatic rings. The average molecular weight is 275 g/mol. The van der Waals surface area contributed by atoms with Crippen LogP contribution < -0.4 is 4.90 Å². The van der Waals surface area contributed by atoms with Gasteiger partial charge in [-0.1, -0.05) is 18.2 Å². The van der Waals surface area contributed by atoms with Crippen LogP contribution in [0.1, 0.15) is 10.4 Å². The fourth-order valence-electron chi connectivity index (χ4n) is 1.72. The maximum Gasteiger partial charge on any atom is 0.260 e. The van der Waals surface area contributed by atoms with Gasteiger partial charge in [-0.2, -0.15) is 11.3 Å². The lowest BCUT2D eigenvalue weighted by molar-refractivity contribution is -0.116. The number of ether oxygens (including phenoxy) is 1. The zero-order valence-electron chi connectivity index (χ0n) is 10.4. The van der Waals surface area contributed by atoms with Gasteiger partial charge in [0.2, 0.25) is 0 Å². The molecule has 98 valence electrons. The SMILES string of the molecule is CO[C@@H](C=O)N(C(=O)c1ccccc1)c1ccsc1. The first-order chi connectivity index (χ1) is 9.27. The third kappa shape index (κ3) is 2.89. The lowest BCUT2D eigenvalue weighted by Crippen LogP contribution is -2.42. The van der Waals surface area contributed by atoms with Crippen molar-refractivity contribution < 1.29 is 14.3 Å². The minimum absolute atomic E-state index is 0.266. The third-order valence-corrected chi connectivity index (χ3v) is 3.31. The molecule has 0 saturated heterocycles. The summed E-state index contributed by atoms with van der Waals surface area (Å²) in [4.78, 5) is 24.9. The van der Waals surface area contributed by atoms with Crippen LogP contribution in [0.2, 0.25) is 0 Å². The summed E-state index contributed by atoms with van der Waals surface area (Å²) in [5.41, 5.74) is 1.16. The molecule has 19 heavy (non-hydrogen) atoms. The first-order valence-corrected chi connectivity index (χ1v) is 6.61. The molecule has 2 rings (SSSR count). The second-order valence-corrected chi connectivity index (χ2v) is 4.57. The fraction of sp³-hybridized carbons (Fsp3) is 0.143. The van der Waals surface area contributed by atoms with E-state index in [1.165, 1.54) is 23.3 Å². The van der Waals surface area contributed by atoms with E-state index in [1.807, 2.05) is 11.4 Å². The van der Waals surface area contributed by atoms with E-state index in [2.05, 4.69) is 0 Å². The molecule has 1 amide bonds. The Morgan fingerprint density at radius 1 is 1.32 bits per heavy atom. The number of aldehydes is 1. The number of amides is 1. The molecular weight excluding hydrogens is 262 g/mol. The highest BCUT2D eigenvalue weighted by molar-refractivity contribution is 7.08. The van der Waals surface area contributed by atoms with Crippen LogP contribution in [0.4, 0.5) is 5.69 Å². The molecule has 0 radical (unpaired) electrons. The first kappa shape index (κ1) is 13.5. The van der Waals surface area contributed by atoms with Gasteiger partial charge in [-0.05, 0) is 23.6 Å². The number of nitrogens with zero attached hydrogens (tertiary/aromatic N) is 1. The van der Waals surface area contributed by atoms with Crippen molar-refractivity contribution in [1.82, 2.24) is 0 Å². The van der Waals surface area contributed by atoms with Gasteiger partial charge in [0.05, 0.1) is 5.69 Å². The lowest BCUT2D eigenvalue weighted by atomic mass is 10.2. The molecule has 2 aromatic rings. The Bertz CT molecular complexity index is 539. The molecule has 5 heteroatoms. The molecular formula is C14H13NO3S. The van der Waals surface area contributed by atoms with Crippen molar-refractivity contribution in [3.8, 4) is 0 Å². The molecule has 1 aromatic heterocycles. The van der Waals surface area contributed by atoms with Crippen molar-refractivity contribution in [2.24, 2.45) is 0 Å². The summed E-state index contributed by atoms with van der Waals surface area (Å²) in [6.07, 6.45) is -0.319. The van der Waals surface area contributed by atoms with Gasteiger partial charge in [-0.25, -0.2) is 0 Å². The Balaban J connectivity index is 2.38. The molecule has 0 spiro atoms. The minimum atomic E-state index is -0.928. The molecule has 0 aliphatic carbocycles. The number of hydrogen-bond acceptors (Lipinski definition) is 4. The Morgan fingerprint density at radius 3 is 2.58 bits per heavy atom. The van der Waals surface area contributed by atoms with Crippen molar-refractivity contribution in [3.63, 3.8) is 0 Å². The molecule has 0 unspecified atom stereocenters. The topological polar surface area (TPSA) is 46.6 Å². The minimum Gasteiger partial charge on any atom is -0.354 e. The van der Waals surface area contributed by atoms with E-state index in [1.54, 1.807) is 35.7 Å². The van der Waals surface area contributed by atoms with E-state index < -0.39 is 6.23 Å². The smallest absolute Gasteiger partial charge is 0.260 e. The molecule has 1 atom stereocenters. The standard InChI is InChI=1S/C14H13NO3S/c1-18-13(9-16)15(12-7-8-19-10-12)14(17)11-5-3-2-4-6-11/h2-10,13H,1H3/t13-/m0/s1. The number of carbonyl (C=O) groups excluding carboxylic acids is 2. The van der Waals surface area contributed by atoms with Gasteiger partial charge in [0, 0.05) is 18.1 Å². The predicted octanol–water partition coefficient (Wildman–Crippen LogP) is 2.57. The summed E-state index contributed by atoms with van der Waals surface area (Å²) in [7, 11) is 1.40. The molecule has 1 aromatic carbocycles. The Morgan fingerprint density at radius 2 is 2.05 bits per heavy atom.